The molecule has 0 N–H and O–H groups in total. The molecule has 1 saturated carbocycles. The molecule has 0 heterocycles. The van der Waals surface area contributed by atoms with E-state index in [0.717, 1.165) is 12.2 Å². The molecule has 0 aromatic heterocycles. The van der Waals surface area contributed by atoms with Gasteiger partial charge in [0.1, 0.15) is 0 Å². The Morgan fingerprint density at radius 2 is 1.56 bits per heavy atom. The van der Waals surface area contributed by atoms with Crippen molar-refractivity contribution in [2.45, 2.75) is 44.8 Å². The van der Waals surface area contributed by atoms with Crippen molar-refractivity contribution in [2.24, 2.45) is 5.92 Å². The second-order valence-electron chi connectivity index (χ2n) is 3.09. The molecule has 0 unspecified atom stereocenters. The topological polar surface area (TPSA) is 0 Å². The van der Waals surface area contributed by atoms with Crippen LogP contribution in [-0.4, -0.2) is 7.85 Å². The standard InChI is InChI=1S/C8H15B/c9-7-8-5-3-1-2-4-6-8/h8H,1-7H2. The first-order chi connectivity index (χ1) is 4.43. The smallest absolute Gasteiger partial charge is 0.0656 e. The Morgan fingerprint density at radius 3 is 2.00 bits per heavy atom. The van der Waals surface area contributed by atoms with E-state index in [1.807, 2.05) is 0 Å². The Bertz CT molecular complexity index is 63.0. The van der Waals surface area contributed by atoms with Crippen LogP contribution in [-0.2, 0) is 0 Å². The molecular formula is C8H15B. The zero-order valence-corrected chi connectivity index (χ0v) is 6.10. The molecule has 0 spiro atoms. The van der Waals surface area contributed by atoms with Gasteiger partial charge in [0.2, 0.25) is 0 Å². The van der Waals surface area contributed by atoms with Crippen molar-refractivity contribution in [1.82, 2.24) is 0 Å². The third-order valence-corrected chi connectivity index (χ3v) is 2.31. The average Bonchev–Trinajstić information content (AvgIpc) is 2.13. The zero-order chi connectivity index (χ0) is 6.53. The molecule has 1 aliphatic rings. The number of hydrogen-bond acceptors (Lipinski definition) is 0. The van der Waals surface area contributed by atoms with Crippen LogP contribution < -0.4 is 0 Å². The first-order valence-corrected chi connectivity index (χ1v) is 4.13. The lowest BCUT2D eigenvalue weighted by atomic mass is 9.86. The van der Waals surface area contributed by atoms with Crippen LogP contribution in [0, 0.1) is 5.92 Å². The van der Waals surface area contributed by atoms with Gasteiger partial charge in [0.05, 0.1) is 7.85 Å². The quantitative estimate of drug-likeness (QED) is 0.370. The highest BCUT2D eigenvalue weighted by atomic mass is 14.1. The van der Waals surface area contributed by atoms with Crippen LogP contribution in [0.15, 0.2) is 0 Å². The maximum absolute atomic E-state index is 5.57. The molecule has 0 amide bonds. The van der Waals surface area contributed by atoms with Gasteiger partial charge in [0, 0.05) is 0 Å². The summed E-state index contributed by atoms with van der Waals surface area (Å²) in [5.74, 6) is 0.854. The van der Waals surface area contributed by atoms with E-state index in [1.165, 1.54) is 38.5 Å². The van der Waals surface area contributed by atoms with Gasteiger partial charge in [-0.1, -0.05) is 44.8 Å². The van der Waals surface area contributed by atoms with Crippen LogP contribution in [0.3, 0.4) is 0 Å². The van der Waals surface area contributed by atoms with Crippen LogP contribution in [0.1, 0.15) is 38.5 Å². The first-order valence-electron chi connectivity index (χ1n) is 4.13. The summed E-state index contributed by atoms with van der Waals surface area (Å²) in [7, 11) is 5.57. The van der Waals surface area contributed by atoms with Crippen molar-refractivity contribution in [3.8, 4) is 0 Å². The van der Waals surface area contributed by atoms with Crippen LogP contribution in [0.4, 0.5) is 0 Å². The van der Waals surface area contributed by atoms with E-state index >= 15 is 0 Å². The average molecular weight is 122 g/mol. The van der Waals surface area contributed by atoms with Crippen LogP contribution in [0.25, 0.3) is 0 Å². The molecule has 0 aromatic rings. The van der Waals surface area contributed by atoms with Gasteiger partial charge in [-0.05, 0) is 5.92 Å². The Kier molecular flexibility index (Phi) is 3.17. The second kappa shape index (κ2) is 3.97. The molecular weight excluding hydrogens is 107 g/mol. The van der Waals surface area contributed by atoms with Crippen molar-refractivity contribution in [2.75, 3.05) is 0 Å². The minimum Gasteiger partial charge on any atom is -0.0859 e. The highest BCUT2D eigenvalue weighted by molar-refractivity contribution is 6.08. The number of hydrogen-bond donors (Lipinski definition) is 0. The van der Waals surface area contributed by atoms with Crippen molar-refractivity contribution in [3.05, 3.63) is 0 Å². The first kappa shape index (κ1) is 7.18. The molecule has 0 saturated heterocycles. The van der Waals surface area contributed by atoms with Crippen molar-refractivity contribution in [3.63, 3.8) is 0 Å². The summed E-state index contributed by atoms with van der Waals surface area (Å²) in [6.07, 6.45) is 9.41. The van der Waals surface area contributed by atoms with Gasteiger partial charge >= 0.3 is 0 Å². The van der Waals surface area contributed by atoms with Gasteiger partial charge < -0.3 is 0 Å². The summed E-state index contributed by atoms with van der Waals surface area (Å²) in [5, 5.41) is 0. The number of rotatable bonds is 1. The minimum absolute atomic E-state index is 0.854. The molecule has 1 aliphatic carbocycles. The Balaban J connectivity index is 2.18. The second-order valence-corrected chi connectivity index (χ2v) is 3.09. The SMILES string of the molecule is [B]CC1CCCCCC1. The van der Waals surface area contributed by atoms with E-state index in [2.05, 4.69) is 0 Å². The predicted octanol–water partition coefficient (Wildman–Crippen LogP) is 2.54. The molecule has 0 aliphatic heterocycles. The molecule has 2 radical (unpaired) electrons. The molecule has 9 heavy (non-hydrogen) atoms. The molecule has 1 fully saturated rings. The summed E-state index contributed by atoms with van der Waals surface area (Å²) < 4.78 is 0. The zero-order valence-electron chi connectivity index (χ0n) is 6.10. The maximum atomic E-state index is 5.57. The van der Waals surface area contributed by atoms with Gasteiger partial charge in [0.25, 0.3) is 0 Å². The lowest BCUT2D eigenvalue weighted by Gasteiger charge is -2.08. The van der Waals surface area contributed by atoms with E-state index in [-0.39, 0.29) is 0 Å². The van der Waals surface area contributed by atoms with Gasteiger partial charge in [0.15, 0.2) is 0 Å². The summed E-state index contributed by atoms with van der Waals surface area (Å²) >= 11 is 0. The van der Waals surface area contributed by atoms with Crippen molar-refractivity contribution in [1.29, 1.82) is 0 Å². The van der Waals surface area contributed by atoms with Crippen LogP contribution in [0.5, 0.6) is 0 Å². The summed E-state index contributed by atoms with van der Waals surface area (Å²) in [4.78, 5) is 0. The van der Waals surface area contributed by atoms with E-state index in [1.54, 1.807) is 0 Å². The van der Waals surface area contributed by atoms with Crippen molar-refractivity contribution < 1.29 is 0 Å². The lowest BCUT2D eigenvalue weighted by Crippen LogP contribution is -1.95. The van der Waals surface area contributed by atoms with Crippen LogP contribution >= 0.6 is 0 Å². The third-order valence-electron chi connectivity index (χ3n) is 2.31. The Morgan fingerprint density at radius 1 is 1.00 bits per heavy atom. The normalized spacial score (nSPS) is 23.6. The van der Waals surface area contributed by atoms with Gasteiger partial charge in [-0.2, -0.15) is 0 Å². The van der Waals surface area contributed by atoms with E-state index < -0.39 is 0 Å². The lowest BCUT2D eigenvalue weighted by molar-refractivity contribution is 0.505. The monoisotopic (exact) mass is 122 g/mol. The summed E-state index contributed by atoms with van der Waals surface area (Å²) in [6, 6.07) is 0. The van der Waals surface area contributed by atoms with E-state index in [0.29, 0.717) is 0 Å². The Labute approximate surface area is 59.4 Å². The molecule has 50 valence electrons. The Hall–Kier alpha value is 0.0649. The van der Waals surface area contributed by atoms with Crippen molar-refractivity contribution >= 4 is 7.85 Å². The highest BCUT2D eigenvalue weighted by Gasteiger charge is 2.08. The molecule has 0 nitrogen and oxygen atoms in total. The van der Waals surface area contributed by atoms with Gasteiger partial charge in [-0.15, -0.1) is 0 Å². The fourth-order valence-electron chi connectivity index (χ4n) is 1.60. The highest BCUT2D eigenvalue weighted by Crippen LogP contribution is 2.24. The summed E-state index contributed by atoms with van der Waals surface area (Å²) in [5.41, 5.74) is 0. The fourth-order valence-corrected chi connectivity index (χ4v) is 1.60. The van der Waals surface area contributed by atoms with Gasteiger partial charge in [-0.3, -0.25) is 0 Å². The fraction of sp³-hybridized carbons (Fsp3) is 1.00. The minimum atomic E-state index is 0.854. The molecule has 1 heteroatoms. The largest absolute Gasteiger partial charge is 0.0859 e. The van der Waals surface area contributed by atoms with E-state index in [9.17, 15) is 0 Å². The molecule has 0 bridgehead atoms. The predicted molar refractivity (Wildman–Crippen MR) is 41.8 cm³/mol. The maximum Gasteiger partial charge on any atom is 0.0656 e. The molecule has 0 aromatic carbocycles. The summed E-state index contributed by atoms with van der Waals surface area (Å²) in [6.45, 7) is 0. The van der Waals surface area contributed by atoms with Gasteiger partial charge in [-0.25, -0.2) is 0 Å². The van der Waals surface area contributed by atoms with Crippen LogP contribution in [0.2, 0.25) is 6.32 Å². The third kappa shape index (κ3) is 2.42. The molecule has 1 rings (SSSR count). The van der Waals surface area contributed by atoms with E-state index in [4.69, 9.17) is 7.85 Å². The molecule has 0 atom stereocenters.